The van der Waals surface area contributed by atoms with Crippen LogP contribution in [0.3, 0.4) is 0 Å². The molecule has 1 N–H and O–H groups in total. The number of nitrogens with one attached hydrogen (secondary N) is 1. The van der Waals surface area contributed by atoms with Crippen molar-refractivity contribution in [1.29, 1.82) is 0 Å². The van der Waals surface area contributed by atoms with E-state index in [0.717, 1.165) is 15.0 Å². The summed E-state index contributed by atoms with van der Waals surface area (Å²) < 4.78 is 1.05. The van der Waals surface area contributed by atoms with Crippen LogP contribution in [0.1, 0.15) is 5.56 Å². The van der Waals surface area contributed by atoms with Gasteiger partial charge in [-0.2, -0.15) is 0 Å². The minimum absolute atomic E-state index is 0.747. The van der Waals surface area contributed by atoms with Crippen LogP contribution in [0.5, 0.6) is 0 Å². The van der Waals surface area contributed by atoms with Crippen molar-refractivity contribution in [2.45, 2.75) is 6.92 Å². The molecule has 2 aromatic rings. The fourth-order valence-electron chi connectivity index (χ4n) is 1.35. The molecule has 0 saturated heterocycles. The maximum absolute atomic E-state index is 5.88. The van der Waals surface area contributed by atoms with Crippen molar-refractivity contribution in [2.75, 3.05) is 0 Å². The molecule has 1 aromatic heterocycles. The Morgan fingerprint density at radius 3 is 2.92 bits per heavy atom. The molecule has 0 amide bonds. The summed E-state index contributed by atoms with van der Waals surface area (Å²) in [5, 5.41) is 1.95. The van der Waals surface area contributed by atoms with E-state index in [4.69, 9.17) is 11.6 Å². The molecule has 62 valence electrons. The van der Waals surface area contributed by atoms with Gasteiger partial charge in [0.2, 0.25) is 0 Å². The monoisotopic (exact) mass is 243 g/mol. The first kappa shape index (κ1) is 8.14. The molecular formula is C9H7BrClN. The number of aryl methyl sites for hydroxylation is 1. The Morgan fingerprint density at radius 1 is 1.42 bits per heavy atom. The van der Waals surface area contributed by atoms with E-state index in [-0.39, 0.29) is 0 Å². The van der Waals surface area contributed by atoms with Crippen molar-refractivity contribution in [1.82, 2.24) is 4.98 Å². The van der Waals surface area contributed by atoms with Gasteiger partial charge in [-0.1, -0.05) is 27.5 Å². The molecule has 0 aliphatic carbocycles. The number of hydrogen-bond donors (Lipinski definition) is 1. The van der Waals surface area contributed by atoms with Crippen molar-refractivity contribution >= 4 is 38.4 Å². The average molecular weight is 245 g/mol. The van der Waals surface area contributed by atoms with E-state index in [1.54, 1.807) is 0 Å². The molecule has 3 heteroatoms. The third-order valence-electron chi connectivity index (χ3n) is 1.89. The quantitative estimate of drug-likeness (QED) is 0.724. The Kier molecular flexibility index (Phi) is 1.89. The lowest BCUT2D eigenvalue weighted by molar-refractivity contribution is 1.43. The summed E-state index contributed by atoms with van der Waals surface area (Å²) in [5.41, 5.74) is 2.31. The Bertz CT molecular complexity index is 433. The van der Waals surface area contributed by atoms with E-state index in [0.29, 0.717) is 0 Å². The van der Waals surface area contributed by atoms with Crippen LogP contribution < -0.4 is 0 Å². The van der Waals surface area contributed by atoms with Gasteiger partial charge in [0.1, 0.15) is 0 Å². The van der Waals surface area contributed by atoms with Crippen LogP contribution in [0, 0.1) is 6.92 Å². The van der Waals surface area contributed by atoms with Gasteiger partial charge in [-0.25, -0.2) is 0 Å². The number of rotatable bonds is 0. The number of fused-ring (bicyclic) bond motifs is 1. The van der Waals surface area contributed by atoms with Gasteiger partial charge in [-0.05, 0) is 24.6 Å². The van der Waals surface area contributed by atoms with Gasteiger partial charge in [-0.3, -0.25) is 0 Å². The summed E-state index contributed by atoms with van der Waals surface area (Å²) in [6.45, 7) is 2.07. The lowest BCUT2D eigenvalue weighted by atomic mass is 10.2. The summed E-state index contributed by atoms with van der Waals surface area (Å²) >= 11 is 9.36. The molecule has 1 aromatic carbocycles. The van der Waals surface area contributed by atoms with Crippen LogP contribution in [-0.4, -0.2) is 4.98 Å². The molecule has 1 heterocycles. The van der Waals surface area contributed by atoms with Crippen molar-refractivity contribution in [3.63, 3.8) is 0 Å². The van der Waals surface area contributed by atoms with Gasteiger partial charge in [0.25, 0.3) is 0 Å². The average Bonchev–Trinajstić information content (AvgIpc) is 2.31. The summed E-state index contributed by atoms with van der Waals surface area (Å²) in [5.74, 6) is 0. The molecule has 0 bridgehead atoms. The van der Waals surface area contributed by atoms with E-state index in [1.165, 1.54) is 10.9 Å². The minimum atomic E-state index is 0.747. The Labute approximate surface area is 83.9 Å². The number of halogens is 2. The second-order valence-corrected chi connectivity index (χ2v) is 4.07. The third kappa shape index (κ3) is 1.15. The second-order valence-electron chi connectivity index (χ2n) is 2.78. The highest BCUT2D eigenvalue weighted by molar-refractivity contribution is 9.10. The summed E-state index contributed by atoms with van der Waals surface area (Å²) in [6, 6.07) is 3.83. The van der Waals surface area contributed by atoms with Gasteiger partial charge in [0.15, 0.2) is 0 Å². The lowest BCUT2D eigenvalue weighted by Crippen LogP contribution is -1.72. The number of benzene rings is 1. The fraction of sp³-hybridized carbons (Fsp3) is 0.111. The first-order valence-electron chi connectivity index (χ1n) is 3.61. The van der Waals surface area contributed by atoms with Crippen molar-refractivity contribution in [3.05, 3.63) is 33.4 Å². The number of H-pyrrole nitrogens is 1. The maximum Gasteiger partial charge on any atom is 0.0483 e. The van der Waals surface area contributed by atoms with Crippen LogP contribution in [0.4, 0.5) is 0 Å². The van der Waals surface area contributed by atoms with E-state index in [2.05, 4.69) is 27.8 Å². The zero-order valence-electron chi connectivity index (χ0n) is 6.49. The molecule has 12 heavy (non-hydrogen) atoms. The Hall–Kier alpha value is -0.470. The molecule has 0 atom stereocenters. The number of hydrogen-bond acceptors (Lipinski definition) is 0. The zero-order valence-corrected chi connectivity index (χ0v) is 8.83. The molecule has 0 aliphatic rings. The van der Waals surface area contributed by atoms with Crippen molar-refractivity contribution < 1.29 is 0 Å². The van der Waals surface area contributed by atoms with Gasteiger partial charge < -0.3 is 4.98 Å². The Morgan fingerprint density at radius 2 is 2.17 bits per heavy atom. The highest BCUT2D eigenvalue weighted by Crippen LogP contribution is 2.29. The van der Waals surface area contributed by atoms with Crippen LogP contribution in [-0.2, 0) is 0 Å². The minimum Gasteiger partial charge on any atom is -0.361 e. The number of aromatic nitrogens is 1. The first-order valence-corrected chi connectivity index (χ1v) is 4.78. The molecule has 1 nitrogen and oxygen atoms in total. The van der Waals surface area contributed by atoms with Crippen molar-refractivity contribution in [2.24, 2.45) is 0 Å². The lowest BCUT2D eigenvalue weighted by Gasteiger charge is -1.96. The zero-order chi connectivity index (χ0) is 8.72. The van der Waals surface area contributed by atoms with Crippen LogP contribution >= 0.6 is 27.5 Å². The van der Waals surface area contributed by atoms with Gasteiger partial charge >= 0.3 is 0 Å². The molecular weight excluding hydrogens is 237 g/mol. The molecule has 0 saturated carbocycles. The van der Waals surface area contributed by atoms with E-state index in [9.17, 15) is 0 Å². The third-order valence-corrected chi connectivity index (χ3v) is 2.74. The van der Waals surface area contributed by atoms with Gasteiger partial charge in [-0.15, -0.1) is 0 Å². The van der Waals surface area contributed by atoms with E-state index >= 15 is 0 Å². The van der Waals surface area contributed by atoms with Crippen molar-refractivity contribution in [3.8, 4) is 0 Å². The van der Waals surface area contributed by atoms with E-state index < -0.39 is 0 Å². The largest absolute Gasteiger partial charge is 0.361 e. The van der Waals surface area contributed by atoms with E-state index in [1.807, 2.05) is 18.3 Å². The molecule has 2 rings (SSSR count). The molecule has 0 unspecified atom stereocenters. The number of aromatic amines is 1. The highest BCUT2D eigenvalue weighted by Gasteiger charge is 2.04. The topological polar surface area (TPSA) is 15.8 Å². The summed E-state index contributed by atoms with van der Waals surface area (Å²) in [7, 11) is 0. The van der Waals surface area contributed by atoms with Gasteiger partial charge in [0.05, 0.1) is 0 Å². The predicted octanol–water partition coefficient (Wildman–Crippen LogP) is 3.89. The standard InChI is InChI=1S/C9H7BrClN/c1-5-4-12-8-3-6(11)2-7(10)9(5)8/h2-4,12H,1H3. The molecule has 0 aliphatic heterocycles. The summed E-state index contributed by atoms with van der Waals surface area (Å²) in [4.78, 5) is 3.16. The predicted molar refractivity (Wildman–Crippen MR) is 55.7 cm³/mol. The second kappa shape index (κ2) is 2.79. The van der Waals surface area contributed by atoms with Crippen LogP contribution in [0.2, 0.25) is 5.02 Å². The first-order chi connectivity index (χ1) is 5.68. The smallest absolute Gasteiger partial charge is 0.0483 e. The van der Waals surface area contributed by atoms with Crippen LogP contribution in [0.25, 0.3) is 10.9 Å². The maximum atomic E-state index is 5.88. The Balaban J connectivity index is 2.93. The highest BCUT2D eigenvalue weighted by atomic mass is 79.9. The normalized spacial score (nSPS) is 10.9. The van der Waals surface area contributed by atoms with Gasteiger partial charge in [0, 0.05) is 26.6 Å². The SMILES string of the molecule is Cc1c[nH]c2cc(Cl)cc(Br)c12. The molecule has 0 fully saturated rings. The fourth-order valence-corrected chi connectivity index (χ4v) is 2.47. The molecule has 0 radical (unpaired) electrons. The van der Waals surface area contributed by atoms with Crippen LogP contribution in [0.15, 0.2) is 22.8 Å². The summed E-state index contributed by atoms with van der Waals surface area (Å²) in [6.07, 6.45) is 1.98. The molecule has 0 spiro atoms.